The molecule has 1 aliphatic heterocycles. The number of nitrogens with one attached hydrogen (secondary N) is 8. The van der Waals surface area contributed by atoms with Gasteiger partial charge < -0.3 is 107 Å². The number of aromatic nitrogens is 1. The molecule has 7 rings (SSSR count). The van der Waals surface area contributed by atoms with E-state index >= 15 is 0 Å². The summed E-state index contributed by atoms with van der Waals surface area (Å²) >= 11 is 0. The summed E-state index contributed by atoms with van der Waals surface area (Å²) < 4.78 is 34.6. The Hall–Kier alpha value is -11.5. The molecule has 604 valence electrons. The summed E-state index contributed by atoms with van der Waals surface area (Å²) in [4.78, 5) is 197. The molecule has 112 heavy (non-hydrogen) atoms. The number of carboxylic acids is 5. The second-order valence-electron chi connectivity index (χ2n) is 25.6. The second-order valence-corrected chi connectivity index (χ2v) is 28.2. The average molecular weight is 1600 g/mol. The van der Waals surface area contributed by atoms with Crippen molar-refractivity contribution in [2.24, 2.45) is 5.73 Å². The number of nitrogens with two attached hydrogens (primary N) is 1. The summed E-state index contributed by atoms with van der Waals surface area (Å²) in [6, 6.07) is 10.5. The Kier molecular flexibility index (Phi) is 34.2. The van der Waals surface area contributed by atoms with Crippen LogP contribution in [0.15, 0.2) is 89.7 Å². The van der Waals surface area contributed by atoms with Crippen molar-refractivity contribution in [2.45, 2.75) is 119 Å². The normalized spacial score (nSPS) is 14.1. The van der Waals surface area contributed by atoms with E-state index < -0.39 is 164 Å². The molecule has 0 unspecified atom stereocenters. The number of fused-ring (bicyclic) bond motifs is 5. The van der Waals surface area contributed by atoms with E-state index in [-0.39, 0.29) is 108 Å². The van der Waals surface area contributed by atoms with Crippen molar-refractivity contribution >= 4 is 116 Å². The van der Waals surface area contributed by atoms with Gasteiger partial charge in [0.25, 0.3) is 5.56 Å². The monoisotopic (exact) mass is 1600 g/mol. The molecule has 1 aliphatic carbocycles. The van der Waals surface area contributed by atoms with Crippen molar-refractivity contribution in [3.8, 4) is 34.3 Å². The maximum atomic E-state index is 14.5. The molecule has 1 aromatic heterocycles. The lowest BCUT2D eigenvalue weighted by molar-refractivity contribution is -0.143. The number of aliphatic carboxylic acids is 5. The standard InChI is InChI=1S/C73H89N11O26S2/c1-105-53-33-42-45(36-54(53)106-2)68(96)84(24-12-23-83-25-27-108-28-26-83)62-43-34-55(107-3)56(35-44(43)63(91)61(42)62)110-73(104)109-29-30-111-112-39-52(71(101)102)80-67(95)51(37-60(89)90)78-64(92)46(74)38-76-65(93)49(31-40-13-6-4-7-14-40)79-66(94)50(32-41-15-8-5-9-16-41)77-58(86)17-10-11-22-75-57(85)20-18-47(69(97)98)81-72(103)82-48(70(99)100)19-21-59(87)88/h4-9,13-16,33-36,46-52H,10-12,17-32,37-39,74H2,1-3H3,(H,75,85)(H,76,93)(H,77,86)(H,78,92)(H,79,94)(H,80,95)(H,87,88)(H,89,90)(H,97,98)(H,99,100)(H,101,102)(H2,81,82,103)/t46-,47-,48-,49-,50-,51-,52-/m0/s1. The number of carboxylic acid groups (broad SMARTS) is 5. The van der Waals surface area contributed by atoms with Crippen LogP contribution in [0.2, 0.25) is 0 Å². The van der Waals surface area contributed by atoms with E-state index in [0.29, 0.717) is 53.9 Å². The van der Waals surface area contributed by atoms with Crippen molar-refractivity contribution in [3.05, 3.63) is 118 Å². The van der Waals surface area contributed by atoms with E-state index in [1.807, 2.05) is 10.6 Å². The summed E-state index contributed by atoms with van der Waals surface area (Å²) in [5.41, 5.74) is 8.02. The fourth-order valence-electron chi connectivity index (χ4n) is 11.9. The number of pyridine rings is 1. The molecule has 0 saturated carbocycles. The van der Waals surface area contributed by atoms with Gasteiger partial charge in [0.15, 0.2) is 28.8 Å². The van der Waals surface area contributed by atoms with Gasteiger partial charge in [-0.2, -0.15) is 0 Å². The lowest BCUT2D eigenvalue weighted by Gasteiger charge is -2.26. The van der Waals surface area contributed by atoms with Crippen molar-refractivity contribution < 1.29 is 121 Å². The highest BCUT2D eigenvalue weighted by Crippen LogP contribution is 2.46. The van der Waals surface area contributed by atoms with Gasteiger partial charge in [0.2, 0.25) is 35.4 Å². The minimum Gasteiger partial charge on any atom is -0.493 e. The maximum Gasteiger partial charge on any atom is 0.514 e. The first-order chi connectivity index (χ1) is 53.6. The van der Waals surface area contributed by atoms with Crippen LogP contribution in [0, 0.1) is 0 Å². The van der Waals surface area contributed by atoms with Gasteiger partial charge in [0.1, 0.15) is 48.9 Å². The Balaban J connectivity index is 0.882. The molecule has 7 atom stereocenters. The molecule has 1 saturated heterocycles. The van der Waals surface area contributed by atoms with Crippen LogP contribution in [0.5, 0.6) is 23.0 Å². The summed E-state index contributed by atoms with van der Waals surface area (Å²) in [5.74, 6) is -13.1. The number of nitrogens with zero attached hydrogens (tertiary/aromatic N) is 2. The van der Waals surface area contributed by atoms with Gasteiger partial charge in [0, 0.05) is 99.4 Å². The number of morpholine rings is 1. The minimum absolute atomic E-state index is 0.0230. The fourth-order valence-corrected chi connectivity index (χ4v) is 13.9. The summed E-state index contributed by atoms with van der Waals surface area (Å²) in [6.07, 6.45) is -3.49. The molecule has 0 radical (unpaired) electrons. The van der Waals surface area contributed by atoms with Crippen molar-refractivity contribution in [1.29, 1.82) is 0 Å². The van der Waals surface area contributed by atoms with Gasteiger partial charge in [-0.3, -0.25) is 52.8 Å². The van der Waals surface area contributed by atoms with Gasteiger partial charge in [-0.05, 0) is 67.5 Å². The number of ether oxygens (including phenoxy) is 6. The molecule has 4 aromatic carbocycles. The number of carbonyl (C=O) groups excluding carboxylic acids is 9. The predicted octanol–water partition coefficient (Wildman–Crippen LogP) is 1.42. The summed E-state index contributed by atoms with van der Waals surface area (Å²) in [5, 5.41) is 67.0. The van der Waals surface area contributed by atoms with Gasteiger partial charge in [0.05, 0.1) is 57.6 Å². The molecule has 1 fully saturated rings. The van der Waals surface area contributed by atoms with Crippen LogP contribution in [0.25, 0.3) is 22.0 Å². The third-order valence-corrected chi connectivity index (χ3v) is 20.0. The van der Waals surface area contributed by atoms with Crippen LogP contribution in [-0.4, -0.2) is 246 Å². The molecule has 2 aliphatic rings. The summed E-state index contributed by atoms with van der Waals surface area (Å²) in [6.45, 7) is 2.63. The number of hydrogen-bond donors (Lipinski definition) is 14. The lowest BCUT2D eigenvalue weighted by atomic mass is 10.0. The first-order valence-electron chi connectivity index (χ1n) is 35.4. The zero-order valence-corrected chi connectivity index (χ0v) is 62.9. The second kappa shape index (κ2) is 43.7. The highest BCUT2D eigenvalue weighted by molar-refractivity contribution is 8.76. The smallest absolute Gasteiger partial charge is 0.493 e. The minimum atomic E-state index is -1.90. The molecule has 39 heteroatoms. The van der Waals surface area contributed by atoms with Crippen LogP contribution in [0.1, 0.15) is 84.8 Å². The molecule has 8 amide bonds. The van der Waals surface area contributed by atoms with Crippen LogP contribution in [0.4, 0.5) is 9.59 Å². The topological polar surface area (TPSA) is 543 Å². The molecule has 0 spiro atoms. The molecular weight excluding hydrogens is 1510 g/mol. The van der Waals surface area contributed by atoms with Gasteiger partial charge in [-0.15, -0.1) is 0 Å². The zero-order chi connectivity index (χ0) is 81.6. The third kappa shape index (κ3) is 26.3. The molecule has 0 bridgehead atoms. The first-order valence-corrected chi connectivity index (χ1v) is 37.8. The highest BCUT2D eigenvalue weighted by Gasteiger charge is 2.37. The quantitative estimate of drug-likeness (QED) is 0.0111. The first kappa shape index (κ1) is 87.7. The van der Waals surface area contributed by atoms with Crippen LogP contribution >= 0.6 is 21.6 Å². The van der Waals surface area contributed by atoms with Gasteiger partial charge >= 0.3 is 42.0 Å². The third-order valence-electron chi connectivity index (χ3n) is 17.6. The Morgan fingerprint density at radius 3 is 1.69 bits per heavy atom. The van der Waals surface area contributed by atoms with Gasteiger partial charge in [-0.25, -0.2) is 24.0 Å². The largest absolute Gasteiger partial charge is 0.514 e. The van der Waals surface area contributed by atoms with Gasteiger partial charge in [-0.1, -0.05) is 82.3 Å². The summed E-state index contributed by atoms with van der Waals surface area (Å²) in [7, 11) is 6.12. The molecule has 37 nitrogen and oxygen atoms in total. The number of methoxy groups -OCH3 is 3. The number of amides is 8. The molecule has 2 heterocycles. The van der Waals surface area contributed by atoms with Crippen molar-refractivity contribution in [1.82, 2.24) is 52.0 Å². The van der Waals surface area contributed by atoms with E-state index in [0.717, 1.165) is 34.7 Å². The molecule has 15 N–H and O–H groups in total. The highest BCUT2D eigenvalue weighted by atomic mass is 33.1. The van der Waals surface area contributed by atoms with Crippen molar-refractivity contribution in [2.75, 3.05) is 85.4 Å². The van der Waals surface area contributed by atoms with E-state index in [9.17, 15) is 92.3 Å². The lowest BCUT2D eigenvalue weighted by Crippen LogP contribution is -2.58. The number of urea groups is 1. The van der Waals surface area contributed by atoms with Crippen LogP contribution in [0.3, 0.4) is 0 Å². The Morgan fingerprint density at radius 2 is 1.10 bits per heavy atom. The van der Waals surface area contributed by atoms with E-state index in [2.05, 4.69) is 36.8 Å². The number of carbonyl (C=O) groups is 14. The zero-order valence-electron chi connectivity index (χ0n) is 61.3. The van der Waals surface area contributed by atoms with Crippen LogP contribution < -0.4 is 72.8 Å². The number of ketones is 1. The fraction of sp³-hybridized carbons (Fsp3) is 0.438. The number of hydrogen-bond acceptors (Lipinski definition) is 25. The molecular formula is C73H89N11O26S2. The Morgan fingerprint density at radius 1 is 0.545 bits per heavy atom. The Bertz CT molecular complexity index is 4300. The number of unbranched alkanes of at least 4 members (excludes halogenated alkanes) is 1. The average Bonchev–Trinajstić information content (AvgIpc) is 1.55. The number of rotatable bonds is 46. The van der Waals surface area contributed by atoms with Crippen molar-refractivity contribution in [3.63, 3.8) is 0 Å². The Labute approximate surface area is 648 Å². The SMILES string of the molecule is COc1cc2c3c(n(CCCN4CCOCC4)c(=O)c2cc1OC)-c1cc(OC)c(OC(=O)OCCSSC[C@H](NC(=O)[C@H](CC(=O)O)NC(=O)[C@@H](N)CNC(=O)[C@H](Cc2ccccc2)NC(=O)[C@H](Cc2ccccc2)NC(=O)CCCCNC(=O)CC[C@H](NC(=O)N[C@@H](CCC(=O)O)C(=O)O)C(=O)O)C(=O)O)cc1C3=O. The molecule has 5 aromatic rings. The number of benzene rings is 4. The van der Waals surface area contributed by atoms with E-state index in [1.54, 1.807) is 71.3 Å². The van der Waals surface area contributed by atoms with E-state index in [4.69, 9.17) is 39.3 Å². The van der Waals surface area contributed by atoms with Crippen LogP contribution in [-0.2, 0) is 81.6 Å². The maximum absolute atomic E-state index is 14.5. The van der Waals surface area contributed by atoms with E-state index in [1.165, 1.54) is 39.5 Å². The predicted molar refractivity (Wildman–Crippen MR) is 402 cm³/mol.